The second kappa shape index (κ2) is 7.27. The minimum atomic E-state index is 0.236. The number of hydrogen-bond donors (Lipinski definition) is 2. The number of rotatable bonds is 4. The van der Waals surface area contributed by atoms with Gasteiger partial charge in [0, 0.05) is 21.2 Å². The number of nitrogens with two attached hydrogens (primary N) is 1. The number of aromatic hydroxyl groups is 1. The molecule has 4 heteroatoms. The molecule has 0 aliphatic carbocycles. The normalized spacial score (nSPS) is 10.8. The Morgan fingerprint density at radius 1 is 0.750 bits per heavy atom. The molecule has 0 unspecified atom stereocenters. The van der Waals surface area contributed by atoms with Crippen molar-refractivity contribution in [1.82, 2.24) is 0 Å². The van der Waals surface area contributed by atoms with Crippen LogP contribution in [-0.4, -0.2) is 11.7 Å². The lowest BCUT2D eigenvalue weighted by Gasteiger charge is -2.14. The van der Waals surface area contributed by atoms with E-state index in [1.807, 2.05) is 60.7 Å². The van der Waals surface area contributed by atoms with E-state index in [9.17, 15) is 5.11 Å². The summed E-state index contributed by atoms with van der Waals surface area (Å²) < 4.78 is 0. The van der Waals surface area contributed by atoms with Gasteiger partial charge in [0.05, 0.1) is 0 Å². The van der Waals surface area contributed by atoms with E-state index in [1.54, 1.807) is 0 Å². The average Bonchev–Trinajstić information content (AvgIpc) is 2.58. The molecule has 0 spiro atoms. The van der Waals surface area contributed by atoms with Gasteiger partial charge in [0.15, 0.2) is 0 Å². The standard InChI is InChI=1S/C20H17Cl2NO/c21-16-5-1-14(2-6-16)18-11-13(9-10-23)12-19(20(18)24)15-3-7-17(22)8-4-15/h1-8,11-12,24H,9-10,23H2. The monoisotopic (exact) mass is 357 g/mol. The molecule has 2 nitrogen and oxygen atoms in total. The van der Waals surface area contributed by atoms with Crippen LogP contribution in [0.5, 0.6) is 5.75 Å². The third-order valence-electron chi connectivity index (χ3n) is 3.91. The van der Waals surface area contributed by atoms with E-state index < -0.39 is 0 Å². The van der Waals surface area contributed by atoms with Crippen LogP contribution >= 0.6 is 23.2 Å². The van der Waals surface area contributed by atoms with Crippen LogP contribution in [0.3, 0.4) is 0 Å². The maximum absolute atomic E-state index is 10.8. The maximum atomic E-state index is 10.8. The molecule has 24 heavy (non-hydrogen) atoms. The smallest absolute Gasteiger partial charge is 0.131 e. The van der Waals surface area contributed by atoms with Crippen LogP contribution in [0.15, 0.2) is 60.7 Å². The van der Waals surface area contributed by atoms with Gasteiger partial charge in [-0.2, -0.15) is 0 Å². The fourth-order valence-corrected chi connectivity index (χ4v) is 2.96. The van der Waals surface area contributed by atoms with Crippen LogP contribution in [0.2, 0.25) is 10.0 Å². The van der Waals surface area contributed by atoms with Crippen molar-refractivity contribution in [3.05, 3.63) is 76.3 Å². The van der Waals surface area contributed by atoms with Gasteiger partial charge >= 0.3 is 0 Å². The number of phenolic OH excluding ortho intramolecular Hbond substituents is 1. The predicted octanol–water partition coefficient (Wildman–Crippen LogP) is 5.53. The van der Waals surface area contributed by atoms with E-state index in [-0.39, 0.29) is 5.75 Å². The molecule has 122 valence electrons. The van der Waals surface area contributed by atoms with Crippen LogP contribution in [0.25, 0.3) is 22.3 Å². The van der Waals surface area contributed by atoms with E-state index in [2.05, 4.69) is 0 Å². The molecule has 0 atom stereocenters. The first-order valence-corrected chi connectivity index (χ1v) is 8.42. The third-order valence-corrected chi connectivity index (χ3v) is 4.42. The fraction of sp³-hybridized carbons (Fsp3) is 0.100. The molecular formula is C20H17Cl2NO. The number of halogens is 2. The lowest BCUT2D eigenvalue weighted by atomic mass is 9.93. The van der Waals surface area contributed by atoms with Gasteiger partial charge in [0.1, 0.15) is 5.75 Å². The largest absolute Gasteiger partial charge is 0.507 e. The van der Waals surface area contributed by atoms with Crippen molar-refractivity contribution in [2.45, 2.75) is 6.42 Å². The number of benzene rings is 3. The maximum Gasteiger partial charge on any atom is 0.131 e. The lowest BCUT2D eigenvalue weighted by Crippen LogP contribution is -2.03. The van der Waals surface area contributed by atoms with Gasteiger partial charge in [-0.05, 0) is 66.1 Å². The van der Waals surface area contributed by atoms with Gasteiger partial charge in [-0.25, -0.2) is 0 Å². The molecular weight excluding hydrogens is 341 g/mol. The van der Waals surface area contributed by atoms with Crippen molar-refractivity contribution in [3.63, 3.8) is 0 Å². The summed E-state index contributed by atoms with van der Waals surface area (Å²) in [5.74, 6) is 0.236. The molecule has 3 aromatic rings. The zero-order chi connectivity index (χ0) is 17.1. The van der Waals surface area contributed by atoms with Gasteiger partial charge in [-0.15, -0.1) is 0 Å². The average molecular weight is 358 g/mol. The summed E-state index contributed by atoms with van der Waals surface area (Å²) in [6, 6.07) is 18.8. The first-order valence-electron chi connectivity index (χ1n) is 7.66. The van der Waals surface area contributed by atoms with Crippen LogP contribution in [0.1, 0.15) is 5.56 Å². The molecule has 0 aliphatic heterocycles. The van der Waals surface area contributed by atoms with Crippen molar-refractivity contribution < 1.29 is 5.11 Å². The highest BCUT2D eigenvalue weighted by Crippen LogP contribution is 2.40. The van der Waals surface area contributed by atoms with Crippen LogP contribution in [0.4, 0.5) is 0 Å². The van der Waals surface area contributed by atoms with Gasteiger partial charge in [-0.1, -0.05) is 47.5 Å². The molecule has 0 radical (unpaired) electrons. The first kappa shape index (κ1) is 16.8. The highest BCUT2D eigenvalue weighted by atomic mass is 35.5. The molecule has 3 aromatic carbocycles. The fourth-order valence-electron chi connectivity index (χ4n) is 2.70. The quantitative estimate of drug-likeness (QED) is 0.644. The molecule has 0 saturated carbocycles. The Labute approximate surface area is 151 Å². The van der Waals surface area contributed by atoms with Gasteiger partial charge in [0.25, 0.3) is 0 Å². The Morgan fingerprint density at radius 3 is 1.54 bits per heavy atom. The number of hydrogen-bond acceptors (Lipinski definition) is 2. The highest BCUT2D eigenvalue weighted by Gasteiger charge is 2.13. The molecule has 0 fully saturated rings. The minimum Gasteiger partial charge on any atom is -0.507 e. The molecule has 0 aliphatic rings. The van der Waals surface area contributed by atoms with Crippen molar-refractivity contribution in [1.29, 1.82) is 0 Å². The van der Waals surface area contributed by atoms with E-state index in [4.69, 9.17) is 28.9 Å². The summed E-state index contributed by atoms with van der Waals surface area (Å²) in [4.78, 5) is 0. The zero-order valence-corrected chi connectivity index (χ0v) is 14.5. The van der Waals surface area contributed by atoms with Crippen LogP contribution in [-0.2, 0) is 6.42 Å². The topological polar surface area (TPSA) is 46.2 Å². The lowest BCUT2D eigenvalue weighted by molar-refractivity contribution is 0.479. The molecule has 3 rings (SSSR count). The van der Waals surface area contributed by atoms with Crippen molar-refractivity contribution in [3.8, 4) is 28.0 Å². The SMILES string of the molecule is NCCc1cc(-c2ccc(Cl)cc2)c(O)c(-c2ccc(Cl)cc2)c1. The van der Waals surface area contributed by atoms with Crippen molar-refractivity contribution >= 4 is 23.2 Å². The van der Waals surface area contributed by atoms with E-state index >= 15 is 0 Å². The molecule has 3 N–H and O–H groups in total. The molecule has 0 amide bonds. The molecule has 0 bridgehead atoms. The number of phenols is 1. The summed E-state index contributed by atoms with van der Waals surface area (Å²) in [5, 5.41) is 12.2. The molecule has 0 heterocycles. The van der Waals surface area contributed by atoms with E-state index in [0.717, 1.165) is 34.2 Å². The summed E-state index contributed by atoms with van der Waals surface area (Å²) in [5.41, 5.74) is 10.1. The Morgan fingerprint density at radius 2 is 1.17 bits per heavy atom. The van der Waals surface area contributed by atoms with Crippen LogP contribution < -0.4 is 5.73 Å². The summed E-state index contributed by atoms with van der Waals surface area (Å²) >= 11 is 11.9. The summed E-state index contributed by atoms with van der Waals surface area (Å²) in [6.07, 6.45) is 0.738. The molecule has 0 aromatic heterocycles. The van der Waals surface area contributed by atoms with Gasteiger partial charge < -0.3 is 10.8 Å². The van der Waals surface area contributed by atoms with E-state index in [1.165, 1.54) is 0 Å². The third kappa shape index (κ3) is 3.57. The van der Waals surface area contributed by atoms with Crippen molar-refractivity contribution in [2.24, 2.45) is 5.73 Å². The second-order valence-corrected chi connectivity index (χ2v) is 6.46. The summed E-state index contributed by atoms with van der Waals surface area (Å²) in [6.45, 7) is 0.547. The Hall–Kier alpha value is -2.00. The summed E-state index contributed by atoms with van der Waals surface area (Å²) in [7, 11) is 0. The minimum absolute atomic E-state index is 0.236. The van der Waals surface area contributed by atoms with Gasteiger partial charge in [0.2, 0.25) is 0 Å². The zero-order valence-electron chi connectivity index (χ0n) is 13.0. The Balaban J connectivity index is 2.18. The highest BCUT2D eigenvalue weighted by molar-refractivity contribution is 6.31. The van der Waals surface area contributed by atoms with Crippen molar-refractivity contribution in [2.75, 3.05) is 6.54 Å². The van der Waals surface area contributed by atoms with E-state index in [0.29, 0.717) is 16.6 Å². The van der Waals surface area contributed by atoms with Gasteiger partial charge in [-0.3, -0.25) is 0 Å². The first-order chi connectivity index (χ1) is 11.6. The van der Waals surface area contributed by atoms with Crippen LogP contribution in [0, 0.1) is 0 Å². The second-order valence-electron chi connectivity index (χ2n) is 5.59. The Bertz CT molecular complexity index is 776. The Kier molecular flexibility index (Phi) is 5.10. The predicted molar refractivity (Wildman–Crippen MR) is 102 cm³/mol. The molecule has 0 saturated heterocycles.